The lowest BCUT2D eigenvalue weighted by atomic mass is 9.77. The van der Waals surface area contributed by atoms with E-state index in [1.54, 1.807) is 0 Å². The number of benzene rings is 2. The molecule has 0 atom stereocenters. The van der Waals surface area contributed by atoms with Crippen LogP contribution in [0.25, 0.3) is 0 Å². The number of rotatable bonds is 3. The van der Waals surface area contributed by atoms with Crippen molar-refractivity contribution >= 4 is 18.3 Å². The predicted molar refractivity (Wildman–Crippen MR) is 108 cm³/mol. The SMILES string of the molecule is CC1(C)OB(c2ccc3c(c2)N(Cc2ccccc2)CCC3)OC1(C)C. The molecule has 0 bridgehead atoms. The first-order chi connectivity index (χ1) is 12.4. The Labute approximate surface area is 157 Å². The van der Waals surface area contributed by atoms with Crippen molar-refractivity contribution in [1.29, 1.82) is 0 Å². The summed E-state index contributed by atoms with van der Waals surface area (Å²) in [6.07, 6.45) is 2.35. The molecule has 0 amide bonds. The lowest BCUT2D eigenvalue weighted by molar-refractivity contribution is 0.00578. The zero-order chi connectivity index (χ0) is 18.4. The van der Waals surface area contributed by atoms with Crippen LogP contribution in [0.15, 0.2) is 48.5 Å². The molecule has 1 saturated heterocycles. The molecule has 0 aromatic heterocycles. The van der Waals surface area contributed by atoms with Crippen LogP contribution in [0.5, 0.6) is 0 Å². The lowest BCUT2D eigenvalue weighted by Crippen LogP contribution is -2.41. The molecule has 0 saturated carbocycles. The lowest BCUT2D eigenvalue weighted by Gasteiger charge is -2.32. The summed E-state index contributed by atoms with van der Waals surface area (Å²) >= 11 is 0. The fourth-order valence-electron chi connectivity index (χ4n) is 3.76. The van der Waals surface area contributed by atoms with Gasteiger partial charge in [0.1, 0.15) is 0 Å². The summed E-state index contributed by atoms with van der Waals surface area (Å²) in [5, 5.41) is 0. The Hall–Kier alpha value is -1.78. The highest BCUT2D eigenvalue weighted by molar-refractivity contribution is 6.62. The number of nitrogens with zero attached hydrogens (tertiary/aromatic N) is 1. The standard InChI is InChI=1S/C22H28BNO2/c1-21(2)22(3,4)26-23(25-21)19-13-12-18-11-8-14-24(20(18)15-19)16-17-9-6-5-7-10-17/h5-7,9-10,12-13,15H,8,11,14,16H2,1-4H3. The Morgan fingerprint density at radius 2 is 1.65 bits per heavy atom. The van der Waals surface area contributed by atoms with E-state index in [1.807, 2.05) is 0 Å². The predicted octanol–water partition coefficient (Wildman–Crippen LogP) is 3.94. The normalized spacial score (nSPS) is 20.9. The van der Waals surface area contributed by atoms with Gasteiger partial charge in [-0.15, -0.1) is 0 Å². The van der Waals surface area contributed by atoms with Crippen LogP contribution in [0.4, 0.5) is 5.69 Å². The topological polar surface area (TPSA) is 21.7 Å². The van der Waals surface area contributed by atoms with E-state index < -0.39 is 0 Å². The second-order valence-corrected chi connectivity index (χ2v) is 8.49. The van der Waals surface area contributed by atoms with E-state index >= 15 is 0 Å². The van der Waals surface area contributed by atoms with E-state index in [4.69, 9.17) is 9.31 Å². The van der Waals surface area contributed by atoms with Crippen molar-refractivity contribution < 1.29 is 9.31 Å². The molecule has 2 heterocycles. The van der Waals surface area contributed by atoms with Gasteiger partial charge in [0.15, 0.2) is 0 Å². The van der Waals surface area contributed by atoms with Gasteiger partial charge in [-0.1, -0.05) is 42.5 Å². The van der Waals surface area contributed by atoms with Gasteiger partial charge in [-0.25, -0.2) is 0 Å². The zero-order valence-corrected chi connectivity index (χ0v) is 16.3. The van der Waals surface area contributed by atoms with Gasteiger partial charge < -0.3 is 14.2 Å². The number of hydrogen-bond donors (Lipinski definition) is 0. The largest absolute Gasteiger partial charge is 0.494 e. The molecule has 4 rings (SSSR count). The molecule has 136 valence electrons. The van der Waals surface area contributed by atoms with Gasteiger partial charge in [0, 0.05) is 18.8 Å². The Balaban J connectivity index is 1.62. The molecule has 1 fully saturated rings. The van der Waals surface area contributed by atoms with Crippen molar-refractivity contribution in [1.82, 2.24) is 0 Å². The molecule has 0 unspecified atom stereocenters. The average Bonchev–Trinajstić information content (AvgIpc) is 2.83. The van der Waals surface area contributed by atoms with Gasteiger partial charge in [0.05, 0.1) is 11.2 Å². The maximum Gasteiger partial charge on any atom is 0.494 e. The van der Waals surface area contributed by atoms with Crippen molar-refractivity contribution in [3.8, 4) is 0 Å². The zero-order valence-electron chi connectivity index (χ0n) is 16.3. The van der Waals surface area contributed by atoms with Crippen LogP contribution in [0.3, 0.4) is 0 Å². The van der Waals surface area contributed by atoms with Crippen LogP contribution in [0.1, 0.15) is 45.2 Å². The van der Waals surface area contributed by atoms with Crippen LogP contribution >= 0.6 is 0 Å². The van der Waals surface area contributed by atoms with Crippen LogP contribution < -0.4 is 10.4 Å². The quantitative estimate of drug-likeness (QED) is 0.784. The Kier molecular flexibility index (Phi) is 4.36. The minimum absolute atomic E-state index is 0.300. The first-order valence-corrected chi connectivity index (χ1v) is 9.63. The molecule has 4 heteroatoms. The van der Waals surface area contributed by atoms with Crippen molar-refractivity contribution in [3.63, 3.8) is 0 Å². The summed E-state index contributed by atoms with van der Waals surface area (Å²) in [5.74, 6) is 0. The van der Waals surface area contributed by atoms with E-state index in [0.29, 0.717) is 0 Å². The molecule has 3 nitrogen and oxygen atoms in total. The highest BCUT2D eigenvalue weighted by Gasteiger charge is 2.51. The monoisotopic (exact) mass is 349 g/mol. The van der Waals surface area contributed by atoms with Gasteiger partial charge >= 0.3 is 7.12 Å². The highest BCUT2D eigenvalue weighted by atomic mass is 16.7. The minimum Gasteiger partial charge on any atom is -0.399 e. The Morgan fingerprint density at radius 1 is 0.962 bits per heavy atom. The fraction of sp³-hybridized carbons (Fsp3) is 0.455. The molecule has 2 aliphatic heterocycles. The molecule has 26 heavy (non-hydrogen) atoms. The fourth-order valence-corrected chi connectivity index (χ4v) is 3.76. The maximum atomic E-state index is 6.25. The number of anilines is 1. The minimum atomic E-state index is -0.308. The van der Waals surface area contributed by atoms with Crippen molar-refractivity contribution in [2.75, 3.05) is 11.4 Å². The summed E-state index contributed by atoms with van der Waals surface area (Å²) in [6, 6.07) is 17.4. The Bertz CT molecular complexity index is 772. The third kappa shape index (κ3) is 3.17. The third-order valence-electron chi connectivity index (χ3n) is 6.07. The van der Waals surface area contributed by atoms with Crippen LogP contribution in [0, 0.1) is 0 Å². The maximum absolute atomic E-state index is 6.25. The van der Waals surface area contributed by atoms with Gasteiger partial charge in [-0.05, 0) is 63.2 Å². The van der Waals surface area contributed by atoms with E-state index in [1.165, 1.54) is 23.2 Å². The number of aryl methyl sites for hydroxylation is 1. The summed E-state index contributed by atoms with van der Waals surface area (Å²) in [4.78, 5) is 2.49. The molecular formula is C22H28BNO2. The molecule has 2 aromatic rings. The van der Waals surface area contributed by atoms with Crippen LogP contribution in [-0.4, -0.2) is 24.9 Å². The summed E-state index contributed by atoms with van der Waals surface area (Å²) < 4.78 is 12.5. The number of hydrogen-bond acceptors (Lipinski definition) is 3. The van der Waals surface area contributed by atoms with Crippen LogP contribution in [0.2, 0.25) is 0 Å². The molecule has 2 aromatic carbocycles. The molecule has 0 radical (unpaired) electrons. The highest BCUT2D eigenvalue weighted by Crippen LogP contribution is 2.37. The molecule has 0 aliphatic carbocycles. The van der Waals surface area contributed by atoms with E-state index in [9.17, 15) is 0 Å². The third-order valence-corrected chi connectivity index (χ3v) is 6.07. The first-order valence-electron chi connectivity index (χ1n) is 9.63. The van der Waals surface area contributed by atoms with E-state index in [2.05, 4.69) is 81.1 Å². The second-order valence-electron chi connectivity index (χ2n) is 8.49. The smallest absolute Gasteiger partial charge is 0.399 e. The van der Waals surface area contributed by atoms with Crippen molar-refractivity contribution in [2.24, 2.45) is 0 Å². The van der Waals surface area contributed by atoms with Crippen LogP contribution in [-0.2, 0) is 22.3 Å². The first kappa shape index (κ1) is 17.6. The van der Waals surface area contributed by atoms with E-state index in [-0.39, 0.29) is 18.3 Å². The summed E-state index contributed by atoms with van der Waals surface area (Å²) in [6.45, 7) is 10.5. The second kappa shape index (κ2) is 6.43. The van der Waals surface area contributed by atoms with Crippen molar-refractivity contribution in [2.45, 2.75) is 58.3 Å². The Morgan fingerprint density at radius 3 is 2.35 bits per heavy atom. The molecule has 2 aliphatic rings. The van der Waals surface area contributed by atoms with E-state index in [0.717, 1.165) is 25.0 Å². The van der Waals surface area contributed by atoms with Crippen molar-refractivity contribution in [3.05, 3.63) is 59.7 Å². The van der Waals surface area contributed by atoms with Gasteiger partial charge in [-0.3, -0.25) is 0 Å². The molecular weight excluding hydrogens is 321 g/mol. The van der Waals surface area contributed by atoms with Gasteiger partial charge in [0.2, 0.25) is 0 Å². The van der Waals surface area contributed by atoms with Gasteiger partial charge in [0.25, 0.3) is 0 Å². The van der Waals surface area contributed by atoms with Gasteiger partial charge in [-0.2, -0.15) is 0 Å². The molecule has 0 spiro atoms. The molecule has 0 N–H and O–H groups in total. The summed E-state index contributed by atoms with van der Waals surface area (Å²) in [7, 11) is -0.300. The summed E-state index contributed by atoms with van der Waals surface area (Å²) in [5.41, 5.74) is 4.60. The average molecular weight is 349 g/mol. The number of fused-ring (bicyclic) bond motifs is 1.